The largest absolute Gasteiger partial charge is 0.481 e. The number of ether oxygens (including phenoxy) is 2. The fourth-order valence-corrected chi connectivity index (χ4v) is 4.04. The quantitative estimate of drug-likeness (QED) is 0.729. The Hall–Kier alpha value is -2.28. The second-order valence-corrected chi connectivity index (χ2v) is 7.77. The first-order valence-electron chi connectivity index (χ1n) is 9.22. The molecule has 1 aliphatic rings. The van der Waals surface area contributed by atoms with Crippen molar-refractivity contribution in [3.63, 3.8) is 0 Å². The highest BCUT2D eigenvalue weighted by Crippen LogP contribution is 2.30. The third-order valence-electron chi connectivity index (χ3n) is 4.36. The Kier molecular flexibility index (Phi) is 6.55. The van der Waals surface area contributed by atoms with Crippen molar-refractivity contribution in [1.29, 1.82) is 0 Å². The molecule has 0 fully saturated rings. The van der Waals surface area contributed by atoms with Crippen LogP contribution >= 0.6 is 11.8 Å². The van der Waals surface area contributed by atoms with Gasteiger partial charge in [0.2, 0.25) is 5.75 Å². The molecule has 7 heteroatoms. The van der Waals surface area contributed by atoms with E-state index in [-0.39, 0.29) is 35.5 Å². The van der Waals surface area contributed by atoms with Crippen LogP contribution in [0.15, 0.2) is 35.1 Å². The van der Waals surface area contributed by atoms with Gasteiger partial charge in [0.25, 0.3) is 5.56 Å². The minimum Gasteiger partial charge on any atom is -0.481 e. The van der Waals surface area contributed by atoms with Crippen LogP contribution in [0.5, 0.6) is 5.75 Å². The molecule has 0 aliphatic carbocycles. The van der Waals surface area contributed by atoms with Crippen molar-refractivity contribution in [2.45, 2.75) is 45.1 Å². The summed E-state index contributed by atoms with van der Waals surface area (Å²) in [5, 5.41) is 0.0225. The van der Waals surface area contributed by atoms with Gasteiger partial charge in [0.15, 0.2) is 5.69 Å². The number of esters is 1. The Bertz CT molecular complexity index is 851. The van der Waals surface area contributed by atoms with Crippen LogP contribution in [0, 0.1) is 0 Å². The van der Waals surface area contributed by atoms with Gasteiger partial charge in [0.05, 0.1) is 11.9 Å². The maximum Gasteiger partial charge on any atom is 0.361 e. The van der Waals surface area contributed by atoms with E-state index in [2.05, 4.69) is 4.98 Å². The Morgan fingerprint density at radius 2 is 2.07 bits per heavy atom. The zero-order valence-corrected chi connectivity index (χ0v) is 16.5. The normalized spacial score (nSPS) is 16.7. The van der Waals surface area contributed by atoms with Gasteiger partial charge in [-0.15, -0.1) is 0 Å². The number of rotatable bonds is 5. The Morgan fingerprint density at radius 1 is 1.30 bits per heavy atom. The monoisotopic (exact) mass is 388 g/mol. The summed E-state index contributed by atoms with van der Waals surface area (Å²) in [6.07, 6.45) is 1.94. The van der Waals surface area contributed by atoms with Crippen molar-refractivity contribution >= 4 is 17.7 Å². The maximum absolute atomic E-state index is 13.2. The second kappa shape index (κ2) is 9.08. The van der Waals surface area contributed by atoms with Gasteiger partial charge in [0, 0.05) is 6.54 Å². The van der Waals surface area contributed by atoms with Crippen molar-refractivity contribution in [3.05, 3.63) is 57.8 Å². The first-order chi connectivity index (χ1) is 13.1. The van der Waals surface area contributed by atoms with Crippen LogP contribution in [0.2, 0.25) is 0 Å². The fraction of sp³-hybridized carbons (Fsp3) is 0.450. The van der Waals surface area contributed by atoms with Gasteiger partial charge in [-0.2, -0.15) is 11.8 Å². The van der Waals surface area contributed by atoms with E-state index in [0.717, 1.165) is 24.2 Å². The first-order valence-corrected chi connectivity index (χ1v) is 10.3. The van der Waals surface area contributed by atoms with Crippen LogP contribution in [0.4, 0.5) is 0 Å². The third-order valence-corrected chi connectivity index (χ3v) is 5.59. The second-order valence-electron chi connectivity index (χ2n) is 6.32. The number of carbonyl (C=O) groups excluding carboxylic acids is 1. The lowest BCUT2D eigenvalue weighted by atomic mass is 10.2. The van der Waals surface area contributed by atoms with Crippen molar-refractivity contribution in [3.8, 4) is 5.75 Å². The van der Waals surface area contributed by atoms with E-state index < -0.39 is 5.97 Å². The molecule has 0 saturated heterocycles. The van der Waals surface area contributed by atoms with Crippen molar-refractivity contribution in [2.75, 3.05) is 12.4 Å². The highest BCUT2D eigenvalue weighted by molar-refractivity contribution is 7.99. The highest BCUT2D eigenvalue weighted by Gasteiger charge is 2.27. The summed E-state index contributed by atoms with van der Waals surface area (Å²) in [5.41, 5.74) is 0.567. The van der Waals surface area contributed by atoms with Crippen molar-refractivity contribution in [1.82, 2.24) is 9.55 Å². The van der Waals surface area contributed by atoms with E-state index in [1.165, 1.54) is 0 Å². The maximum atomic E-state index is 13.2. The molecule has 1 aliphatic heterocycles. The predicted octanol–water partition coefficient (Wildman–Crippen LogP) is 3.59. The van der Waals surface area contributed by atoms with Crippen molar-refractivity contribution in [2.24, 2.45) is 0 Å². The zero-order valence-electron chi connectivity index (χ0n) is 15.6. The summed E-state index contributed by atoms with van der Waals surface area (Å²) < 4.78 is 12.6. The van der Waals surface area contributed by atoms with Crippen LogP contribution in [0.1, 0.15) is 53.8 Å². The number of benzene rings is 1. The lowest BCUT2D eigenvalue weighted by molar-refractivity contribution is 0.0512. The van der Waals surface area contributed by atoms with Gasteiger partial charge < -0.3 is 9.47 Å². The smallest absolute Gasteiger partial charge is 0.361 e. The molecular weight excluding hydrogens is 364 g/mol. The van der Waals surface area contributed by atoms with E-state index in [1.807, 2.05) is 37.3 Å². The topological polar surface area (TPSA) is 70.4 Å². The first kappa shape index (κ1) is 19.5. The van der Waals surface area contributed by atoms with Gasteiger partial charge in [-0.25, -0.2) is 9.78 Å². The summed E-state index contributed by atoms with van der Waals surface area (Å²) in [7, 11) is 0. The number of hydrogen-bond donors (Lipinski definition) is 0. The van der Waals surface area contributed by atoms with Crippen LogP contribution in [-0.4, -0.2) is 27.9 Å². The average molecular weight is 388 g/mol. The standard InChI is InChI=1S/C20H24N2O4S/c1-3-25-20(24)16-17(26-13-15-9-5-4-6-10-15)19(23)22-11-7-8-12-27-14(2)18(22)21-16/h4-6,9-10,14H,3,7-8,11-13H2,1-2H3. The number of hydrogen-bond acceptors (Lipinski definition) is 6. The van der Waals surface area contributed by atoms with E-state index in [9.17, 15) is 9.59 Å². The molecule has 1 unspecified atom stereocenters. The number of fused-ring (bicyclic) bond motifs is 1. The lowest BCUT2D eigenvalue weighted by Gasteiger charge is -2.22. The fourth-order valence-electron chi connectivity index (χ4n) is 2.98. The molecule has 6 nitrogen and oxygen atoms in total. The number of aromatic nitrogens is 2. The Labute approximate surface area is 162 Å². The number of thioether (sulfide) groups is 1. The third kappa shape index (κ3) is 4.53. The molecule has 1 atom stereocenters. The SMILES string of the molecule is CCOC(=O)c1nc2n(c(=O)c1OCc1ccccc1)CCCCSC2C. The summed E-state index contributed by atoms with van der Waals surface area (Å²) in [4.78, 5) is 30.1. The highest BCUT2D eigenvalue weighted by atomic mass is 32.2. The van der Waals surface area contributed by atoms with Gasteiger partial charge >= 0.3 is 5.97 Å². The molecule has 0 radical (unpaired) electrons. The molecule has 27 heavy (non-hydrogen) atoms. The lowest BCUT2D eigenvalue weighted by Crippen LogP contribution is -2.31. The summed E-state index contributed by atoms with van der Waals surface area (Å²) in [5.74, 6) is 0.969. The summed E-state index contributed by atoms with van der Waals surface area (Å²) in [6.45, 7) is 4.71. The summed E-state index contributed by atoms with van der Waals surface area (Å²) in [6, 6.07) is 9.52. The minimum atomic E-state index is -0.625. The number of carbonyl (C=O) groups is 1. The number of nitrogens with zero attached hydrogens (tertiary/aromatic N) is 2. The molecule has 0 bridgehead atoms. The molecule has 0 spiro atoms. The van der Waals surface area contributed by atoms with E-state index >= 15 is 0 Å². The molecule has 144 valence electrons. The molecule has 3 rings (SSSR count). The van der Waals surface area contributed by atoms with E-state index in [1.54, 1.807) is 23.3 Å². The van der Waals surface area contributed by atoms with Crippen LogP contribution in [0.3, 0.4) is 0 Å². The molecule has 0 saturated carbocycles. The Balaban J connectivity index is 2.04. The predicted molar refractivity (Wildman–Crippen MR) is 105 cm³/mol. The van der Waals surface area contributed by atoms with Gasteiger partial charge in [-0.1, -0.05) is 30.3 Å². The van der Waals surface area contributed by atoms with Crippen molar-refractivity contribution < 1.29 is 14.3 Å². The van der Waals surface area contributed by atoms with Gasteiger partial charge in [-0.05, 0) is 38.0 Å². The molecule has 0 N–H and O–H groups in total. The van der Waals surface area contributed by atoms with Crippen LogP contribution < -0.4 is 10.3 Å². The average Bonchev–Trinajstić information content (AvgIpc) is 2.66. The molecule has 1 aromatic carbocycles. The Morgan fingerprint density at radius 3 is 2.81 bits per heavy atom. The molecule has 2 aromatic rings. The molecule has 0 amide bonds. The van der Waals surface area contributed by atoms with E-state index in [0.29, 0.717) is 12.4 Å². The molecule has 1 aromatic heterocycles. The van der Waals surface area contributed by atoms with Crippen LogP contribution in [0.25, 0.3) is 0 Å². The molecular formula is C20H24N2O4S. The van der Waals surface area contributed by atoms with Gasteiger partial charge in [-0.3, -0.25) is 9.36 Å². The summed E-state index contributed by atoms with van der Waals surface area (Å²) >= 11 is 1.74. The molecule has 2 heterocycles. The van der Waals surface area contributed by atoms with Gasteiger partial charge in [0.1, 0.15) is 12.4 Å². The van der Waals surface area contributed by atoms with E-state index in [4.69, 9.17) is 9.47 Å². The minimum absolute atomic E-state index is 0.0225. The van der Waals surface area contributed by atoms with Crippen LogP contribution in [-0.2, 0) is 17.9 Å². The zero-order chi connectivity index (χ0) is 19.2.